The molecule has 0 fully saturated rings. The summed E-state index contributed by atoms with van der Waals surface area (Å²) in [6.45, 7) is 10.9. The van der Waals surface area contributed by atoms with Gasteiger partial charge in [-0.25, -0.2) is 0 Å². The average Bonchev–Trinajstić information content (AvgIpc) is 2.84. The fraction of sp³-hybridized carbons (Fsp3) is 0.0667. The molecule has 0 N–H and O–H groups in total. The maximum atomic E-state index is 11.9. The van der Waals surface area contributed by atoms with Gasteiger partial charge < -0.3 is 0 Å². The Morgan fingerprint density at radius 2 is 0.853 bits per heavy atom. The van der Waals surface area contributed by atoms with E-state index >= 15 is 0 Å². The smallest absolute Gasteiger partial charge is 0.219 e. The van der Waals surface area contributed by atoms with E-state index in [4.69, 9.17) is 0 Å². The molecule has 0 spiro atoms. The summed E-state index contributed by atoms with van der Waals surface area (Å²) < 4.78 is 0. The van der Waals surface area contributed by atoms with Crippen LogP contribution >= 0.6 is 23.5 Å². The predicted molar refractivity (Wildman–Crippen MR) is 146 cm³/mol. The summed E-state index contributed by atoms with van der Waals surface area (Å²) in [6, 6.07) is 28.9. The number of carbonyl (C=O) groups excluding carboxylic acids is 2. The van der Waals surface area contributed by atoms with Gasteiger partial charge in [0.05, 0.1) is 0 Å². The zero-order valence-corrected chi connectivity index (χ0v) is 20.8. The minimum atomic E-state index is -0.0111. The molecule has 0 amide bonds. The molecule has 2 nitrogen and oxygen atoms in total. The molecule has 0 heterocycles. The summed E-state index contributed by atoms with van der Waals surface area (Å²) >= 11 is 2.40. The van der Waals surface area contributed by atoms with Crippen LogP contribution in [-0.4, -0.2) is 10.2 Å². The first kappa shape index (κ1) is 23.8. The predicted octanol–water partition coefficient (Wildman–Crippen LogP) is 8.56. The van der Waals surface area contributed by atoms with Crippen molar-refractivity contribution in [1.29, 1.82) is 0 Å². The zero-order valence-electron chi connectivity index (χ0n) is 19.1. The van der Waals surface area contributed by atoms with E-state index in [9.17, 15) is 9.59 Å². The summed E-state index contributed by atoms with van der Waals surface area (Å²) in [5.41, 5.74) is 5.58. The molecule has 34 heavy (non-hydrogen) atoms. The van der Waals surface area contributed by atoms with Crippen molar-refractivity contribution in [3.8, 4) is 22.3 Å². The maximum absolute atomic E-state index is 11.9. The number of fused-ring (bicyclic) bond motifs is 1. The highest BCUT2D eigenvalue weighted by molar-refractivity contribution is 8.14. The molecule has 4 rings (SSSR count). The minimum Gasteiger partial charge on any atom is -0.282 e. The van der Waals surface area contributed by atoms with Crippen molar-refractivity contribution < 1.29 is 9.59 Å². The molecule has 0 aliphatic heterocycles. The third-order valence-electron chi connectivity index (χ3n) is 5.33. The summed E-state index contributed by atoms with van der Waals surface area (Å²) in [6.07, 6.45) is 0. The van der Waals surface area contributed by atoms with Crippen LogP contribution in [0.25, 0.3) is 33.0 Å². The second-order valence-corrected chi connectivity index (χ2v) is 10.3. The average molecular weight is 481 g/mol. The molecule has 0 atom stereocenters. The van der Waals surface area contributed by atoms with Gasteiger partial charge in [-0.3, -0.25) is 9.59 Å². The largest absolute Gasteiger partial charge is 0.282 e. The quantitative estimate of drug-likeness (QED) is 0.204. The van der Waals surface area contributed by atoms with Gasteiger partial charge in [0.1, 0.15) is 0 Å². The Labute approximate surface area is 208 Å². The van der Waals surface area contributed by atoms with Gasteiger partial charge >= 0.3 is 0 Å². The van der Waals surface area contributed by atoms with Crippen molar-refractivity contribution in [2.24, 2.45) is 0 Å². The normalized spacial score (nSPS) is 10.8. The topological polar surface area (TPSA) is 34.1 Å². The molecule has 0 aromatic heterocycles. The van der Waals surface area contributed by atoms with E-state index in [1.807, 2.05) is 48.5 Å². The fourth-order valence-corrected chi connectivity index (χ4v) is 4.74. The van der Waals surface area contributed by atoms with E-state index in [1.165, 1.54) is 23.5 Å². The molecule has 0 unspecified atom stereocenters. The van der Waals surface area contributed by atoms with Crippen molar-refractivity contribution in [2.75, 3.05) is 0 Å². The van der Waals surface area contributed by atoms with Gasteiger partial charge in [0, 0.05) is 9.79 Å². The molecule has 4 aromatic rings. The molecule has 4 heteroatoms. The Bertz CT molecular complexity index is 1300. The first-order valence-electron chi connectivity index (χ1n) is 10.8. The van der Waals surface area contributed by atoms with Crippen molar-refractivity contribution in [3.05, 3.63) is 109 Å². The van der Waals surface area contributed by atoms with Crippen LogP contribution in [0.1, 0.15) is 13.8 Å². The third kappa shape index (κ3) is 5.58. The van der Waals surface area contributed by atoms with Gasteiger partial charge in [0.15, 0.2) is 0 Å². The van der Waals surface area contributed by atoms with Gasteiger partial charge in [0.25, 0.3) is 0 Å². The van der Waals surface area contributed by atoms with E-state index < -0.39 is 0 Å². The molecule has 168 valence electrons. The fourth-order valence-electron chi connectivity index (χ4n) is 3.42. The van der Waals surface area contributed by atoms with E-state index in [-0.39, 0.29) is 10.2 Å². The number of rotatable bonds is 6. The highest BCUT2D eigenvalue weighted by Crippen LogP contribution is 2.31. The van der Waals surface area contributed by atoms with Crippen LogP contribution in [0, 0.1) is 0 Å². The van der Waals surface area contributed by atoms with Crippen LogP contribution < -0.4 is 0 Å². The Morgan fingerprint density at radius 1 is 0.529 bits per heavy atom. The molecular weight excluding hydrogens is 456 g/mol. The van der Waals surface area contributed by atoms with E-state index in [2.05, 4.69) is 49.6 Å². The first-order chi connectivity index (χ1) is 16.3. The second-order valence-electron chi connectivity index (χ2n) is 8.17. The van der Waals surface area contributed by atoms with Crippen LogP contribution in [0.3, 0.4) is 0 Å². The Hall–Kier alpha value is -3.34. The summed E-state index contributed by atoms with van der Waals surface area (Å²) in [5, 5.41) is 2.30. The van der Waals surface area contributed by atoms with Crippen molar-refractivity contribution >= 4 is 44.5 Å². The van der Waals surface area contributed by atoms with E-state index in [0.29, 0.717) is 11.1 Å². The van der Waals surface area contributed by atoms with Crippen molar-refractivity contribution in [1.82, 2.24) is 0 Å². The summed E-state index contributed by atoms with van der Waals surface area (Å²) in [4.78, 5) is 25.6. The number of hydrogen-bond donors (Lipinski definition) is 0. The number of carbonyl (C=O) groups is 2. The van der Waals surface area contributed by atoms with Crippen molar-refractivity contribution in [3.63, 3.8) is 0 Å². The van der Waals surface area contributed by atoms with Crippen LogP contribution in [0.15, 0.2) is 119 Å². The number of hydrogen-bond acceptors (Lipinski definition) is 4. The molecule has 0 aliphatic rings. The van der Waals surface area contributed by atoms with Crippen LogP contribution in [0.5, 0.6) is 0 Å². The Balaban J connectivity index is 1.53. The second kappa shape index (κ2) is 10.3. The summed E-state index contributed by atoms with van der Waals surface area (Å²) in [7, 11) is 0. The molecular formula is C30H24O2S2. The van der Waals surface area contributed by atoms with Crippen LogP contribution in [-0.2, 0) is 9.59 Å². The van der Waals surface area contributed by atoms with E-state index in [1.54, 1.807) is 13.8 Å². The van der Waals surface area contributed by atoms with Gasteiger partial charge in [0.2, 0.25) is 10.2 Å². The summed E-state index contributed by atoms with van der Waals surface area (Å²) in [5.74, 6) is 0. The van der Waals surface area contributed by atoms with Crippen LogP contribution in [0.2, 0.25) is 0 Å². The van der Waals surface area contributed by atoms with Crippen molar-refractivity contribution in [2.45, 2.75) is 23.6 Å². The first-order valence-corrected chi connectivity index (χ1v) is 12.4. The lowest BCUT2D eigenvalue weighted by Crippen LogP contribution is -1.90. The molecule has 0 aliphatic carbocycles. The number of benzene rings is 4. The van der Waals surface area contributed by atoms with Gasteiger partial charge in [-0.15, -0.1) is 0 Å². The molecule has 0 saturated carbocycles. The molecule has 0 radical (unpaired) electrons. The zero-order chi connectivity index (χ0) is 24.2. The standard InChI is InChI=1S/C30H24O2S2/c1-19(2)29(31)33-27-13-9-21(10-14-27)23-5-7-26-18-24(6-8-25(26)17-23)22-11-15-28(16-12-22)34-30(32)20(3)4/h5-18H,1,3H2,2,4H3. The highest BCUT2D eigenvalue weighted by Gasteiger charge is 2.08. The van der Waals surface area contributed by atoms with Crippen LogP contribution in [0.4, 0.5) is 0 Å². The lowest BCUT2D eigenvalue weighted by Gasteiger charge is -2.08. The molecule has 0 bridgehead atoms. The Morgan fingerprint density at radius 3 is 1.18 bits per heavy atom. The van der Waals surface area contributed by atoms with E-state index in [0.717, 1.165) is 42.8 Å². The van der Waals surface area contributed by atoms with Gasteiger partial charge in [-0.05, 0) is 118 Å². The monoisotopic (exact) mass is 480 g/mol. The minimum absolute atomic E-state index is 0.0111. The lowest BCUT2D eigenvalue weighted by atomic mass is 9.98. The highest BCUT2D eigenvalue weighted by atomic mass is 32.2. The molecule has 0 saturated heterocycles. The lowest BCUT2D eigenvalue weighted by molar-refractivity contribution is -0.108. The molecule has 4 aromatic carbocycles. The van der Waals surface area contributed by atoms with Gasteiger partial charge in [-0.2, -0.15) is 0 Å². The SMILES string of the molecule is C=C(C)C(=O)Sc1ccc(-c2ccc3cc(-c4ccc(SC(=O)C(=C)C)cc4)ccc3c2)cc1. The number of thioether (sulfide) groups is 2. The Kier molecular flexibility index (Phi) is 7.20. The maximum Gasteiger partial charge on any atom is 0.219 e. The third-order valence-corrected chi connectivity index (χ3v) is 7.42. The van der Waals surface area contributed by atoms with Gasteiger partial charge in [-0.1, -0.05) is 61.7 Å².